The summed E-state index contributed by atoms with van der Waals surface area (Å²) in [6, 6.07) is 68.8. The molecule has 0 radical (unpaired) electrons. The number of hydrogen-bond acceptors (Lipinski definition) is 5. The molecule has 6 heteroatoms. The third kappa shape index (κ3) is 6.20. The molecule has 0 aliphatic carbocycles. The Morgan fingerprint density at radius 3 is 1.25 bits per heavy atom. The summed E-state index contributed by atoms with van der Waals surface area (Å²) >= 11 is 0. The molecule has 0 fully saturated rings. The summed E-state index contributed by atoms with van der Waals surface area (Å²) < 4.78 is 2.25. The van der Waals surface area contributed by atoms with Crippen LogP contribution in [-0.4, -0.2) is 29.3 Å². The fraction of sp³-hybridized carbons (Fsp3) is 0. The van der Waals surface area contributed by atoms with Gasteiger partial charge in [-0.1, -0.05) is 188 Å². The Morgan fingerprint density at radius 1 is 0.288 bits per heavy atom. The molecular weight excluding hydrogens is 721 g/mol. The van der Waals surface area contributed by atoms with Gasteiger partial charge in [-0.3, -0.25) is 4.40 Å². The minimum atomic E-state index is 0.632. The first-order valence-corrected chi connectivity index (χ1v) is 19.7. The SMILES string of the molecule is c1ccc(-c2nc(-c3ccccc3)nc(-c3ccc(-c4ccc(-c5c(-c6ccccc6)nc6c7c(ccn56)c(-c5ccccc5)nc5ccccc57)cc4)cc3)n2)cc1. The van der Waals surface area contributed by atoms with Gasteiger partial charge in [0.25, 0.3) is 0 Å². The highest BCUT2D eigenvalue weighted by atomic mass is 15.0. The molecule has 6 nitrogen and oxygen atoms in total. The van der Waals surface area contributed by atoms with E-state index in [1.165, 1.54) is 0 Å². The molecule has 0 bridgehead atoms. The second-order valence-corrected chi connectivity index (χ2v) is 14.5. The summed E-state index contributed by atoms with van der Waals surface area (Å²) in [5.74, 6) is 1.92. The van der Waals surface area contributed by atoms with Gasteiger partial charge >= 0.3 is 0 Å². The Balaban J connectivity index is 1.00. The number of aromatic nitrogens is 6. The summed E-state index contributed by atoms with van der Waals surface area (Å²) in [4.78, 5) is 25.3. The maximum absolute atomic E-state index is 5.46. The highest BCUT2D eigenvalue weighted by molar-refractivity contribution is 6.17. The first-order valence-electron chi connectivity index (χ1n) is 19.7. The molecule has 4 aromatic heterocycles. The third-order valence-electron chi connectivity index (χ3n) is 10.9. The smallest absolute Gasteiger partial charge is 0.164 e. The Hall–Kier alpha value is -8.09. The van der Waals surface area contributed by atoms with Gasteiger partial charge in [-0.2, -0.15) is 0 Å². The molecular formula is C53H34N6. The van der Waals surface area contributed by atoms with Crippen molar-refractivity contribution in [2.45, 2.75) is 0 Å². The molecule has 0 atom stereocenters. The maximum atomic E-state index is 5.46. The molecule has 0 spiro atoms. The standard InChI is InChI=1S/C53H34N6/c1-5-15-37(16-6-1)47-44-33-34-59-49(48(38-17-7-2-8-18-38)55-53(59)46(44)43-23-13-14-24-45(43)54-47)39-29-25-35(26-30-39)36-27-31-42(32-28-36)52-57-50(40-19-9-3-10-20-40)56-51(58-52)41-21-11-4-12-22-41/h1-34H. The molecule has 0 N–H and O–H groups in total. The zero-order valence-corrected chi connectivity index (χ0v) is 31.8. The van der Waals surface area contributed by atoms with E-state index in [1.54, 1.807) is 0 Å². The summed E-state index contributed by atoms with van der Waals surface area (Å²) in [6.45, 7) is 0. The van der Waals surface area contributed by atoms with Crippen LogP contribution in [0.4, 0.5) is 0 Å². The van der Waals surface area contributed by atoms with Gasteiger partial charge in [-0.15, -0.1) is 0 Å². The van der Waals surface area contributed by atoms with Crippen LogP contribution >= 0.6 is 0 Å². The van der Waals surface area contributed by atoms with E-state index in [9.17, 15) is 0 Å². The van der Waals surface area contributed by atoms with Crippen LogP contribution in [0.2, 0.25) is 0 Å². The van der Waals surface area contributed by atoms with Gasteiger partial charge in [0.1, 0.15) is 5.65 Å². The van der Waals surface area contributed by atoms with Crippen molar-refractivity contribution >= 4 is 27.3 Å². The lowest BCUT2D eigenvalue weighted by Crippen LogP contribution is -2.00. The van der Waals surface area contributed by atoms with Crippen molar-refractivity contribution in [2.75, 3.05) is 0 Å². The zero-order chi connectivity index (χ0) is 39.1. The average Bonchev–Trinajstić information content (AvgIpc) is 3.72. The van der Waals surface area contributed by atoms with Gasteiger partial charge < -0.3 is 0 Å². The van der Waals surface area contributed by atoms with E-state index in [0.717, 1.165) is 88.9 Å². The molecule has 0 unspecified atom stereocenters. The van der Waals surface area contributed by atoms with E-state index in [-0.39, 0.29) is 0 Å². The Labute approximate surface area is 340 Å². The van der Waals surface area contributed by atoms with Crippen molar-refractivity contribution in [2.24, 2.45) is 0 Å². The first-order chi connectivity index (χ1) is 29.2. The van der Waals surface area contributed by atoms with Gasteiger partial charge in [-0.05, 0) is 23.3 Å². The lowest BCUT2D eigenvalue weighted by molar-refractivity contribution is 1.07. The molecule has 276 valence electrons. The lowest BCUT2D eigenvalue weighted by Gasteiger charge is -2.12. The summed E-state index contributed by atoms with van der Waals surface area (Å²) in [6.07, 6.45) is 2.15. The van der Waals surface area contributed by atoms with Crippen molar-refractivity contribution in [3.8, 4) is 79.1 Å². The van der Waals surface area contributed by atoms with E-state index in [2.05, 4.69) is 132 Å². The molecule has 4 heterocycles. The number of hydrogen-bond donors (Lipinski definition) is 0. The Morgan fingerprint density at radius 2 is 0.712 bits per heavy atom. The first kappa shape index (κ1) is 34.2. The van der Waals surface area contributed by atoms with Crippen LogP contribution in [-0.2, 0) is 0 Å². The highest BCUT2D eigenvalue weighted by Gasteiger charge is 2.21. The van der Waals surface area contributed by atoms with E-state index >= 15 is 0 Å². The highest BCUT2D eigenvalue weighted by Crippen LogP contribution is 2.40. The van der Waals surface area contributed by atoms with Crippen LogP contribution in [0.3, 0.4) is 0 Å². The number of pyridine rings is 2. The van der Waals surface area contributed by atoms with Crippen LogP contribution in [0.25, 0.3) is 106 Å². The lowest BCUT2D eigenvalue weighted by atomic mass is 9.99. The van der Waals surface area contributed by atoms with Crippen LogP contribution in [0.5, 0.6) is 0 Å². The van der Waals surface area contributed by atoms with Crippen molar-refractivity contribution in [1.29, 1.82) is 0 Å². The monoisotopic (exact) mass is 754 g/mol. The quantitative estimate of drug-likeness (QED) is 0.152. The molecule has 0 saturated heterocycles. The topological polar surface area (TPSA) is 68.9 Å². The van der Waals surface area contributed by atoms with Crippen LogP contribution < -0.4 is 0 Å². The molecule has 11 aromatic rings. The summed E-state index contributed by atoms with van der Waals surface area (Å²) in [5, 5.41) is 3.23. The predicted molar refractivity (Wildman–Crippen MR) is 239 cm³/mol. The fourth-order valence-electron chi connectivity index (χ4n) is 7.99. The normalized spacial score (nSPS) is 11.4. The van der Waals surface area contributed by atoms with Gasteiger partial charge in [0, 0.05) is 55.7 Å². The van der Waals surface area contributed by atoms with Crippen molar-refractivity contribution in [3.63, 3.8) is 0 Å². The average molecular weight is 755 g/mol. The molecule has 0 amide bonds. The minimum Gasteiger partial charge on any atom is -0.298 e. The predicted octanol–water partition coefficient (Wildman–Crippen LogP) is 12.9. The van der Waals surface area contributed by atoms with E-state index in [1.807, 2.05) is 78.9 Å². The van der Waals surface area contributed by atoms with Gasteiger partial charge in [0.05, 0.1) is 22.6 Å². The molecule has 0 aliphatic heterocycles. The van der Waals surface area contributed by atoms with Crippen molar-refractivity contribution < 1.29 is 0 Å². The molecule has 7 aromatic carbocycles. The van der Waals surface area contributed by atoms with Crippen molar-refractivity contribution in [1.82, 2.24) is 29.3 Å². The Bertz CT molecular complexity index is 3220. The molecule has 11 rings (SSSR count). The van der Waals surface area contributed by atoms with E-state index < -0.39 is 0 Å². The molecule has 0 saturated carbocycles. The van der Waals surface area contributed by atoms with Gasteiger partial charge in [-0.25, -0.2) is 24.9 Å². The number of para-hydroxylation sites is 1. The van der Waals surface area contributed by atoms with Crippen LogP contribution in [0.1, 0.15) is 0 Å². The number of imidazole rings is 1. The summed E-state index contributed by atoms with van der Waals surface area (Å²) in [5.41, 5.74) is 13.0. The number of nitrogens with zero attached hydrogens (tertiary/aromatic N) is 6. The maximum Gasteiger partial charge on any atom is 0.164 e. The zero-order valence-electron chi connectivity index (χ0n) is 31.8. The minimum absolute atomic E-state index is 0.632. The third-order valence-corrected chi connectivity index (χ3v) is 10.9. The van der Waals surface area contributed by atoms with E-state index in [0.29, 0.717) is 17.5 Å². The number of fused-ring (bicyclic) bond motifs is 5. The largest absolute Gasteiger partial charge is 0.298 e. The number of benzene rings is 7. The molecule has 59 heavy (non-hydrogen) atoms. The van der Waals surface area contributed by atoms with Crippen LogP contribution in [0, 0.1) is 0 Å². The summed E-state index contributed by atoms with van der Waals surface area (Å²) in [7, 11) is 0. The van der Waals surface area contributed by atoms with Crippen molar-refractivity contribution in [3.05, 3.63) is 206 Å². The molecule has 0 aliphatic rings. The number of rotatable bonds is 7. The van der Waals surface area contributed by atoms with Gasteiger partial charge in [0.15, 0.2) is 17.5 Å². The second kappa shape index (κ2) is 14.4. The second-order valence-electron chi connectivity index (χ2n) is 14.5. The van der Waals surface area contributed by atoms with E-state index in [4.69, 9.17) is 24.9 Å². The van der Waals surface area contributed by atoms with Gasteiger partial charge in [0.2, 0.25) is 0 Å². The fourth-order valence-corrected chi connectivity index (χ4v) is 7.99. The van der Waals surface area contributed by atoms with Crippen LogP contribution in [0.15, 0.2) is 206 Å². The Kier molecular flexibility index (Phi) is 8.37.